The van der Waals surface area contributed by atoms with Gasteiger partial charge in [-0.1, -0.05) is 12.1 Å². The Hall–Kier alpha value is -4.14. The van der Waals surface area contributed by atoms with Gasteiger partial charge in [0.1, 0.15) is 17.1 Å². The van der Waals surface area contributed by atoms with Crippen molar-refractivity contribution in [2.24, 2.45) is 0 Å². The Balaban J connectivity index is 1.88. The molecule has 3 aromatic rings. The average Bonchev–Trinajstić information content (AvgIpc) is 2.75. The lowest BCUT2D eigenvalue weighted by molar-refractivity contribution is -0.384. The highest BCUT2D eigenvalue weighted by Crippen LogP contribution is 2.29. The Morgan fingerprint density at radius 2 is 1.90 bits per heavy atom. The molecule has 30 heavy (non-hydrogen) atoms. The number of carbonyl (C=O) groups is 1. The minimum Gasteiger partial charge on any atom is -0.497 e. The van der Waals surface area contributed by atoms with Gasteiger partial charge in [0.15, 0.2) is 0 Å². The average molecular weight is 409 g/mol. The first-order chi connectivity index (χ1) is 14.4. The predicted octanol–water partition coefficient (Wildman–Crippen LogP) is 3.07. The van der Waals surface area contributed by atoms with Crippen molar-refractivity contribution in [3.05, 3.63) is 92.4 Å². The lowest BCUT2D eigenvalue weighted by Crippen LogP contribution is -2.29. The van der Waals surface area contributed by atoms with E-state index in [0.717, 1.165) is 0 Å². The first kappa shape index (κ1) is 20.6. The predicted molar refractivity (Wildman–Crippen MR) is 110 cm³/mol. The summed E-state index contributed by atoms with van der Waals surface area (Å²) in [5.74, 6) is 0.319. The number of benzene rings is 2. The number of aromatic nitrogens is 1. The lowest BCUT2D eigenvalue weighted by Gasteiger charge is -2.12. The number of methoxy groups -OCH3 is 2. The van der Waals surface area contributed by atoms with E-state index in [-0.39, 0.29) is 17.8 Å². The molecule has 0 saturated heterocycles. The van der Waals surface area contributed by atoms with E-state index in [1.165, 1.54) is 43.2 Å². The molecule has 2 aromatic carbocycles. The maximum Gasteiger partial charge on any atom is 0.269 e. The number of nitro benzene ring substituents is 1. The summed E-state index contributed by atoms with van der Waals surface area (Å²) in [6.45, 7) is 0.0874. The molecule has 9 nitrogen and oxygen atoms in total. The van der Waals surface area contributed by atoms with Gasteiger partial charge in [-0.2, -0.15) is 0 Å². The van der Waals surface area contributed by atoms with Crippen LogP contribution >= 0.6 is 0 Å². The molecule has 154 valence electrons. The molecular formula is C21H19N3O6. The van der Waals surface area contributed by atoms with Gasteiger partial charge in [-0.25, -0.2) is 0 Å². The van der Waals surface area contributed by atoms with Crippen LogP contribution in [0.15, 0.2) is 65.6 Å². The highest BCUT2D eigenvalue weighted by molar-refractivity contribution is 6.04. The summed E-state index contributed by atoms with van der Waals surface area (Å²) in [7, 11) is 2.96. The van der Waals surface area contributed by atoms with Crippen LogP contribution in [-0.4, -0.2) is 29.6 Å². The molecule has 0 atom stereocenters. The number of nitrogens with zero attached hydrogens (tertiary/aromatic N) is 2. The highest BCUT2D eigenvalue weighted by atomic mass is 16.6. The summed E-state index contributed by atoms with van der Waals surface area (Å²) in [4.78, 5) is 36.0. The van der Waals surface area contributed by atoms with E-state index in [9.17, 15) is 19.7 Å². The Kier molecular flexibility index (Phi) is 6.11. The van der Waals surface area contributed by atoms with Crippen LogP contribution in [0, 0.1) is 10.1 Å². The Morgan fingerprint density at radius 1 is 1.10 bits per heavy atom. The van der Waals surface area contributed by atoms with Gasteiger partial charge in [0.2, 0.25) is 0 Å². The van der Waals surface area contributed by atoms with Crippen molar-refractivity contribution >= 4 is 17.3 Å². The molecule has 3 rings (SSSR count). The normalized spacial score (nSPS) is 10.3. The number of hydrogen-bond acceptors (Lipinski definition) is 6. The SMILES string of the molecule is COc1ccc(OC)c(NC(=O)c2cccn(Cc3cccc([N+](=O)[O-])c3)c2=O)c1. The topological polar surface area (TPSA) is 113 Å². The number of nitro groups is 1. The van der Waals surface area contributed by atoms with E-state index in [1.807, 2.05) is 0 Å². The minimum atomic E-state index is -0.611. The monoisotopic (exact) mass is 409 g/mol. The van der Waals surface area contributed by atoms with Crippen molar-refractivity contribution in [1.29, 1.82) is 0 Å². The van der Waals surface area contributed by atoms with E-state index in [0.29, 0.717) is 22.7 Å². The quantitative estimate of drug-likeness (QED) is 0.474. The zero-order valence-corrected chi connectivity index (χ0v) is 16.3. The van der Waals surface area contributed by atoms with Gasteiger partial charge in [-0.15, -0.1) is 0 Å². The molecule has 0 radical (unpaired) electrons. The lowest BCUT2D eigenvalue weighted by atomic mass is 10.2. The molecule has 0 saturated carbocycles. The van der Waals surface area contributed by atoms with Gasteiger partial charge in [0.25, 0.3) is 17.2 Å². The number of carbonyl (C=O) groups excluding carboxylic acids is 1. The number of rotatable bonds is 7. The van der Waals surface area contributed by atoms with Gasteiger partial charge in [-0.3, -0.25) is 19.7 Å². The first-order valence-corrected chi connectivity index (χ1v) is 8.89. The number of anilines is 1. The molecule has 9 heteroatoms. The van der Waals surface area contributed by atoms with Crippen molar-refractivity contribution in [1.82, 2.24) is 4.57 Å². The van der Waals surface area contributed by atoms with Crippen LogP contribution in [0.3, 0.4) is 0 Å². The molecule has 1 aromatic heterocycles. The van der Waals surface area contributed by atoms with E-state index < -0.39 is 16.4 Å². The first-order valence-electron chi connectivity index (χ1n) is 8.89. The van der Waals surface area contributed by atoms with Crippen LogP contribution in [0.4, 0.5) is 11.4 Å². The highest BCUT2D eigenvalue weighted by Gasteiger charge is 2.16. The molecule has 0 fully saturated rings. The molecule has 1 amide bonds. The van der Waals surface area contributed by atoms with Crippen molar-refractivity contribution < 1.29 is 19.2 Å². The van der Waals surface area contributed by atoms with E-state index in [2.05, 4.69) is 5.32 Å². The number of ether oxygens (including phenoxy) is 2. The fourth-order valence-electron chi connectivity index (χ4n) is 2.90. The van der Waals surface area contributed by atoms with Gasteiger partial charge in [0.05, 0.1) is 31.4 Å². The Morgan fingerprint density at radius 3 is 2.60 bits per heavy atom. The third-order valence-electron chi connectivity index (χ3n) is 4.39. The zero-order chi connectivity index (χ0) is 21.7. The fourth-order valence-corrected chi connectivity index (χ4v) is 2.90. The Labute approximate surface area is 171 Å². The summed E-state index contributed by atoms with van der Waals surface area (Å²) in [6.07, 6.45) is 1.52. The summed E-state index contributed by atoms with van der Waals surface area (Å²) in [5, 5.41) is 13.6. The molecule has 0 spiro atoms. The maximum atomic E-state index is 12.8. The van der Waals surface area contributed by atoms with Crippen molar-refractivity contribution in [2.45, 2.75) is 6.54 Å². The third kappa shape index (κ3) is 4.46. The standard InChI is InChI=1S/C21H19N3O6/c1-29-16-8-9-19(30-2)18(12-16)22-20(25)17-7-4-10-23(21(17)26)13-14-5-3-6-15(11-14)24(27)28/h3-12H,13H2,1-2H3,(H,22,25). The van der Waals surface area contributed by atoms with Gasteiger partial charge >= 0.3 is 0 Å². The van der Waals surface area contributed by atoms with E-state index >= 15 is 0 Å². The van der Waals surface area contributed by atoms with Gasteiger partial charge < -0.3 is 19.4 Å². The molecule has 1 N–H and O–H groups in total. The molecular weight excluding hydrogens is 390 g/mol. The van der Waals surface area contributed by atoms with Crippen molar-refractivity contribution in [2.75, 3.05) is 19.5 Å². The summed E-state index contributed by atoms with van der Waals surface area (Å²) in [5.41, 5.74) is 0.254. The molecule has 1 heterocycles. The molecule has 0 unspecified atom stereocenters. The van der Waals surface area contributed by atoms with E-state index in [1.54, 1.807) is 36.4 Å². The molecule has 0 bridgehead atoms. The van der Waals surface area contributed by atoms with Crippen molar-refractivity contribution in [3.63, 3.8) is 0 Å². The van der Waals surface area contributed by atoms with Crippen LogP contribution in [0.1, 0.15) is 15.9 Å². The number of nitrogens with one attached hydrogen (secondary N) is 1. The zero-order valence-electron chi connectivity index (χ0n) is 16.3. The molecule has 0 aliphatic rings. The second kappa shape index (κ2) is 8.91. The number of amides is 1. The van der Waals surface area contributed by atoms with Gasteiger partial charge in [-0.05, 0) is 29.8 Å². The third-order valence-corrected chi connectivity index (χ3v) is 4.39. The number of non-ortho nitro benzene ring substituents is 1. The maximum absolute atomic E-state index is 12.8. The number of pyridine rings is 1. The molecule has 0 aliphatic carbocycles. The van der Waals surface area contributed by atoms with Crippen LogP contribution in [0.25, 0.3) is 0 Å². The van der Waals surface area contributed by atoms with E-state index in [4.69, 9.17) is 9.47 Å². The second-order valence-electron chi connectivity index (χ2n) is 6.30. The second-order valence-corrected chi connectivity index (χ2v) is 6.30. The minimum absolute atomic E-state index is 0.0698. The summed E-state index contributed by atoms with van der Waals surface area (Å²) in [6, 6.07) is 13.9. The summed E-state index contributed by atoms with van der Waals surface area (Å²) >= 11 is 0. The fraction of sp³-hybridized carbons (Fsp3) is 0.143. The van der Waals surface area contributed by atoms with Gasteiger partial charge in [0, 0.05) is 24.4 Å². The summed E-state index contributed by atoms with van der Waals surface area (Å²) < 4.78 is 11.7. The molecule has 0 aliphatic heterocycles. The smallest absolute Gasteiger partial charge is 0.269 e. The number of hydrogen-bond donors (Lipinski definition) is 1. The van der Waals surface area contributed by atoms with Crippen LogP contribution in [0.2, 0.25) is 0 Å². The largest absolute Gasteiger partial charge is 0.497 e. The van der Waals surface area contributed by atoms with Crippen molar-refractivity contribution in [3.8, 4) is 11.5 Å². The van der Waals surface area contributed by atoms with Crippen LogP contribution in [0.5, 0.6) is 11.5 Å². The Bertz CT molecular complexity index is 1160. The van der Waals surface area contributed by atoms with Crippen LogP contribution < -0.4 is 20.3 Å². The van der Waals surface area contributed by atoms with Crippen LogP contribution in [-0.2, 0) is 6.54 Å².